The highest BCUT2D eigenvalue weighted by molar-refractivity contribution is 5.88. The van der Waals surface area contributed by atoms with Gasteiger partial charge >= 0.3 is 0 Å². The van der Waals surface area contributed by atoms with Crippen LogP contribution < -0.4 is 5.32 Å². The summed E-state index contributed by atoms with van der Waals surface area (Å²) in [6, 6.07) is 8.08. The number of rotatable bonds is 13. The van der Waals surface area contributed by atoms with Crippen LogP contribution in [0.5, 0.6) is 0 Å². The van der Waals surface area contributed by atoms with E-state index in [-0.39, 0.29) is 30.9 Å². The molecule has 1 aromatic carbocycles. The zero-order chi connectivity index (χ0) is 26.9. The Morgan fingerprint density at radius 2 is 2.08 bits per heavy atom. The van der Waals surface area contributed by atoms with Crippen LogP contribution in [0, 0.1) is 12.7 Å². The predicted molar refractivity (Wildman–Crippen MR) is 134 cm³/mol. The molecule has 1 fully saturated rings. The van der Waals surface area contributed by atoms with Gasteiger partial charge in [-0.05, 0) is 68.2 Å². The fourth-order valence-electron chi connectivity index (χ4n) is 4.29. The molecule has 38 heavy (non-hydrogen) atoms. The van der Waals surface area contributed by atoms with E-state index < -0.39 is 17.8 Å². The van der Waals surface area contributed by atoms with Crippen molar-refractivity contribution in [3.63, 3.8) is 0 Å². The second-order valence-electron chi connectivity index (χ2n) is 9.03. The summed E-state index contributed by atoms with van der Waals surface area (Å²) in [6.45, 7) is 5.61. The first-order valence-electron chi connectivity index (χ1n) is 12.8. The van der Waals surface area contributed by atoms with Crippen LogP contribution in [0.4, 0.5) is 4.39 Å². The summed E-state index contributed by atoms with van der Waals surface area (Å²) >= 11 is 0. The van der Waals surface area contributed by atoms with E-state index in [0.717, 1.165) is 17.6 Å². The van der Waals surface area contributed by atoms with Gasteiger partial charge in [0.2, 0.25) is 17.6 Å². The summed E-state index contributed by atoms with van der Waals surface area (Å²) < 4.78 is 30.4. The molecule has 12 heteroatoms. The van der Waals surface area contributed by atoms with Crippen molar-refractivity contribution in [1.29, 1.82) is 0 Å². The number of nitrogens with one attached hydrogen (secondary N) is 1. The Labute approximate surface area is 220 Å². The van der Waals surface area contributed by atoms with Gasteiger partial charge in [0.05, 0.1) is 6.10 Å². The maximum atomic E-state index is 13.7. The third-order valence-electron chi connectivity index (χ3n) is 6.18. The minimum Gasteiger partial charge on any atom is -0.458 e. The van der Waals surface area contributed by atoms with Crippen molar-refractivity contribution in [2.45, 2.75) is 51.8 Å². The van der Waals surface area contributed by atoms with Crippen LogP contribution in [0.25, 0.3) is 11.6 Å². The van der Waals surface area contributed by atoms with Crippen molar-refractivity contribution in [2.24, 2.45) is 0 Å². The molecule has 0 unspecified atom stereocenters. The average Bonchev–Trinajstić information content (AvgIpc) is 3.68. The molecule has 1 aliphatic rings. The smallest absolute Gasteiger partial charge is 0.247 e. The molecule has 2 amide bonds. The molecule has 3 heterocycles. The molecular weight excluding hydrogens is 495 g/mol. The topological polar surface area (TPSA) is 125 Å². The first kappa shape index (κ1) is 27.4. The van der Waals surface area contributed by atoms with E-state index in [4.69, 9.17) is 13.9 Å². The second kappa shape index (κ2) is 13.2. The number of tetrazole rings is 1. The van der Waals surface area contributed by atoms with Crippen molar-refractivity contribution < 1.29 is 27.9 Å². The number of amides is 2. The third kappa shape index (κ3) is 7.23. The Kier molecular flexibility index (Phi) is 9.55. The quantitative estimate of drug-likeness (QED) is 0.336. The van der Waals surface area contributed by atoms with E-state index in [1.165, 1.54) is 29.2 Å². The van der Waals surface area contributed by atoms with Crippen molar-refractivity contribution >= 4 is 11.8 Å². The van der Waals surface area contributed by atoms with Gasteiger partial charge in [0.1, 0.15) is 24.2 Å². The lowest BCUT2D eigenvalue weighted by Gasteiger charge is -2.31. The van der Waals surface area contributed by atoms with E-state index in [1.54, 1.807) is 19.1 Å². The highest BCUT2D eigenvalue weighted by Crippen LogP contribution is 2.24. The van der Waals surface area contributed by atoms with Crippen LogP contribution in [0.3, 0.4) is 0 Å². The molecule has 3 aromatic rings. The van der Waals surface area contributed by atoms with Crippen LogP contribution in [0.2, 0.25) is 0 Å². The number of halogens is 1. The van der Waals surface area contributed by atoms with E-state index in [9.17, 15) is 14.0 Å². The minimum atomic E-state index is -0.998. The van der Waals surface area contributed by atoms with Gasteiger partial charge in [0.15, 0.2) is 5.76 Å². The molecular formula is C26H33FN6O5. The largest absolute Gasteiger partial charge is 0.458 e. The zero-order valence-corrected chi connectivity index (χ0v) is 21.6. The Morgan fingerprint density at radius 1 is 1.26 bits per heavy atom. The number of furan rings is 1. The Balaban J connectivity index is 1.56. The second-order valence-corrected chi connectivity index (χ2v) is 9.03. The number of hydrogen-bond acceptors (Lipinski definition) is 8. The number of carbonyl (C=O) groups excluding carboxylic acids is 2. The summed E-state index contributed by atoms with van der Waals surface area (Å²) in [6.07, 6.45) is 2.22. The zero-order valence-electron chi connectivity index (χ0n) is 21.6. The number of aromatic nitrogens is 4. The first-order chi connectivity index (χ1) is 18.4. The van der Waals surface area contributed by atoms with Gasteiger partial charge in [-0.15, -0.1) is 10.2 Å². The highest BCUT2D eigenvalue weighted by Gasteiger charge is 2.32. The monoisotopic (exact) mass is 528 g/mol. The van der Waals surface area contributed by atoms with Crippen LogP contribution >= 0.6 is 0 Å². The average molecular weight is 529 g/mol. The number of hydrogen-bond donors (Lipinski definition) is 1. The van der Waals surface area contributed by atoms with Gasteiger partial charge in [-0.2, -0.15) is 4.80 Å². The van der Waals surface area contributed by atoms with Gasteiger partial charge in [0.25, 0.3) is 0 Å². The van der Waals surface area contributed by atoms with Crippen molar-refractivity contribution in [3.05, 3.63) is 53.5 Å². The van der Waals surface area contributed by atoms with Crippen LogP contribution in [0.15, 0.2) is 40.8 Å². The van der Waals surface area contributed by atoms with Crippen molar-refractivity contribution in [3.8, 4) is 11.6 Å². The Bertz CT molecular complexity index is 1190. The standard InChI is InChI=1S/C26H33FN6O5/c1-3-36-14-5-13-32(23(34)17-33-30-25(29-31-33)22-12-7-18(2)38-22)24(19-8-10-20(27)11-9-19)26(35)28-16-21-6-4-15-37-21/h7-12,21,24H,3-6,13-17H2,1-2H3,(H,28,35)/t21-,24-/m1/s1. The lowest BCUT2D eigenvalue weighted by atomic mass is 10.0. The number of benzene rings is 1. The lowest BCUT2D eigenvalue weighted by Crippen LogP contribution is -2.47. The summed E-state index contributed by atoms with van der Waals surface area (Å²) in [5, 5.41) is 15.2. The van der Waals surface area contributed by atoms with Crippen molar-refractivity contribution in [1.82, 2.24) is 30.4 Å². The number of ether oxygens (including phenoxy) is 2. The summed E-state index contributed by atoms with van der Waals surface area (Å²) in [7, 11) is 0. The number of aryl methyl sites for hydroxylation is 1. The van der Waals surface area contributed by atoms with E-state index in [2.05, 4.69) is 20.7 Å². The molecule has 4 rings (SSSR count). The Hall–Kier alpha value is -3.64. The Morgan fingerprint density at radius 3 is 2.76 bits per heavy atom. The van der Waals surface area contributed by atoms with Gasteiger partial charge in [-0.25, -0.2) is 4.39 Å². The molecule has 1 aliphatic heterocycles. The van der Waals surface area contributed by atoms with Crippen LogP contribution in [-0.2, 0) is 25.6 Å². The maximum absolute atomic E-state index is 13.7. The first-order valence-corrected chi connectivity index (χ1v) is 12.8. The molecule has 0 radical (unpaired) electrons. The van der Waals surface area contributed by atoms with Crippen LogP contribution in [-0.4, -0.2) is 75.9 Å². The molecule has 1 saturated heterocycles. The van der Waals surface area contributed by atoms with E-state index >= 15 is 0 Å². The lowest BCUT2D eigenvalue weighted by molar-refractivity contribution is -0.142. The van der Waals surface area contributed by atoms with Crippen molar-refractivity contribution in [2.75, 3.05) is 32.9 Å². The predicted octanol–water partition coefficient (Wildman–Crippen LogP) is 2.67. The SMILES string of the molecule is CCOCCCN(C(=O)Cn1nnc(-c2ccc(C)o2)n1)[C@@H](C(=O)NC[C@H]1CCCO1)c1ccc(F)cc1. The van der Waals surface area contributed by atoms with Gasteiger partial charge in [-0.3, -0.25) is 9.59 Å². The van der Waals surface area contributed by atoms with Gasteiger partial charge in [-0.1, -0.05) is 12.1 Å². The van der Waals surface area contributed by atoms with Crippen LogP contribution in [0.1, 0.15) is 43.6 Å². The van der Waals surface area contributed by atoms with E-state index in [1.807, 2.05) is 6.92 Å². The molecule has 0 spiro atoms. The minimum absolute atomic E-state index is 0.0714. The fourth-order valence-corrected chi connectivity index (χ4v) is 4.29. The molecule has 2 atom stereocenters. The molecule has 2 aromatic heterocycles. The van der Waals surface area contributed by atoms with Gasteiger partial charge < -0.3 is 24.1 Å². The number of nitrogens with zero attached hydrogens (tertiary/aromatic N) is 5. The normalized spacial score (nSPS) is 15.9. The molecule has 0 bridgehead atoms. The third-order valence-corrected chi connectivity index (χ3v) is 6.18. The fraction of sp³-hybridized carbons (Fsp3) is 0.500. The molecule has 204 valence electrons. The molecule has 0 aliphatic carbocycles. The van der Waals surface area contributed by atoms with E-state index in [0.29, 0.717) is 49.9 Å². The number of carbonyl (C=O) groups is 2. The maximum Gasteiger partial charge on any atom is 0.247 e. The summed E-state index contributed by atoms with van der Waals surface area (Å²) in [5.74, 6) is 0.168. The highest BCUT2D eigenvalue weighted by atomic mass is 19.1. The summed E-state index contributed by atoms with van der Waals surface area (Å²) in [4.78, 5) is 29.8. The molecule has 1 N–H and O–H groups in total. The molecule has 0 saturated carbocycles. The molecule has 11 nitrogen and oxygen atoms in total. The summed E-state index contributed by atoms with van der Waals surface area (Å²) in [5.41, 5.74) is 0.485. The van der Waals surface area contributed by atoms with Gasteiger partial charge in [0, 0.05) is 32.9 Å².